The van der Waals surface area contributed by atoms with E-state index in [0.29, 0.717) is 19.3 Å². The van der Waals surface area contributed by atoms with Crippen LogP contribution in [0.1, 0.15) is 278 Å². The third-order valence-corrected chi connectivity index (χ3v) is 11.8. The van der Waals surface area contributed by atoms with Crippen molar-refractivity contribution in [1.82, 2.24) is 5.32 Å². The molecule has 0 aromatic carbocycles. The fourth-order valence-corrected chi connectivity index (χ4v) is 7.96. The van der Waals surface area contributed by atoms with Gasteiger partial charge in [0.1, 0.15) is 6.10 Å². The largest absolute Gasteiger partial charge is 0.462 e. The number of hydrogen-bond donors (Lipinski definition) is 3. The first kappa shape index (κ1) is 55.6. The molecule has 0 radical (unpaired) electrons. The SMILES string of the molecule is CCCCC/C=C\CCCCCC(CC(=O)NC(CO)C(O)CCCCCCCCCCCCCCC)OC(=O)CCCCCCCCCCCCCCCCC. The quantitative estimate of drug-likeness (QED) is 0.0323. The smallest absolute Gasteiger partial charge is 0.306 e. The fraction of sp³-hybridized carbons (Fsp3) is 0.922. The summed E-state index contributed by atoms with van der Waals surface area (Å²) in [5, 5.41) is 23.7. The highest BCUT2D eigenvalue weighted by Crippen LogP contribution is 2.18. The molecule has 0 aliphatic heterocycles. The lowest BCUT2D eigenvalue weighted by molar-refractivity contribution is -0.151. The predicted molar refractivity (Wildman–Crippen MR) is 246 cm³/mol. The lowest BCUT2D eigenvalue weighted by Gasteiger charge is -2.24. The Bertz CT molecular complexity index is 863. The zero-order valence-electron chi connectivity index (χ0n) is 38.5. The molecule has 6 nitrogen and oxygen atoms in total. The van der Waals surface area contributed by atoms with E-state index in [2.05, 4.69) is 38.2 Å². The molecule has 0 aromatic rings. The highest BCUT2D eigenvalue weighted by molar-refractivity contribution is 5.77. The zero-order valence-corrected chi connectivity index (χ0v) is 38.5. The van der Waals surface area contributed by atoms with E-state index in [9.17, 15) is 19.8 Å². The molecule has 3 atom stereocenters. The van der Waals surface area contributed by atoms with Crippen molar-refractivity contribution in [2.45, 2.75) is 296 Å². The zero-order chi connectivity index (χ0) is 41.7. The van der Waals surface area contributed by atoms with Crippen LogP contribution in [0.3, 0.4) is 0 Å². The van der Waals surface area contributed by atoms with Crippen LogP contribution >= 0.6 is 0 Å². The molecule has 3 unspecified atom stereocenters. The van der Waals surface area contributed by atoms with Crippen molar-refractivity contribution in [3.05, 3.63) is 12.2 Å². The first-order valence-electron chi connectivity index (χ1n) is 25.4. The van der Waals surface area contributed by atoms with Crippen LogP contribution < -0.4 is 5.32 Å². The molecule has 3 N–H and O–H groups in total. The first-order valence-corrected chi connectivity index (χ1v) is 25.4. The number of rotatable bonds is 46. The molecule has 0 bridgehead atoms. The summed E-state index contributed by atoms with van der Waals surface area (Å²) in [6.45, 7) is 6.47. The lowest BCUT2D eigenvalue weighted by atomic mass is 10.0. The Morgan fingerprint density at radius 3 is 1.28 bits per heavy atom. The Morgan fingerprint density at radius 2 is 0.842 bits per heavy atom. The second-order valence-electron chi connectivity index (χ2n) is 17.6. The summed E-state index contributed by atoms with van der Waals surface area (Å²) in [4.78, 5) is 26.1. The van der Waals surface area contributed by atoms with Gasteiger partial charge in [-0.25, -0.2) is 0 Å². The summed E-state index contributed by atoms with van der Waals surface area (Å²) < 4.78 is 5.91. The first-order chi connectivity index (χ1) is 28.0. The minimum atomic E-state index is -0.784. The second-order valence-corrected chi connectivity index (χ2v) is 17.6. The second kappa shape index (κ2) is 45.7. The number of unbranched alkanes of at least 4 members (excludes halogenated alkanes) is 32. The van der Waals surface area contributed by atoms with Crippen LogP contribution in [-0.4, -0.2) is 46.9 Å². The minimum Gasteiger partial charge on any atom is -0.462 e. The van der Waals surface area contributed by atoms with Crippen molar-refractivity contribution in [2.75, 3.05) is 6.61 Å². The van der Waals surface area contributed by atoms with Gasteiger partial charge in [-0.15, -0.1) is 0 Å². The van der Waals surface area contributed by atoms with Gasteiger partial charge in [0.2, 0.25) is 5.91 Å². The van der Waals surface area contributed by atoms with Crippen molar-refractivity contribution in [1.29, 1.82) is 0 Å². The normalized spacial score (nSPS) is 13.3. The summed E-state index contributed by atoms with van der Waals surface area (Å²) in [5.41, 5.74) is 0. The van der Waals surface area contributed by atoms with Crippen molar-refractivity contribution in [2.24, 2.45) is 0 Å². The van der Waals surface area contributed by atoms with Crippen LogP contribution in [-0.2, 0) is 14.3 Å². The number of allylic oxidation sites excluding steroid dienone is 2. The van der Waals surface area contributed by atoms with Gasteiger partial charge in [-0.3, -0.25) is 9.59 Å². The van der Waals surface area contributed by atoms with E-state index >= 15 is 0 Å². The number of aliphatic hydroxyl groups excluding tert-OH is 2. The van der Waals surface area contributed by atoms with Gasteiger partial charge < -0.3 is 20.3 Å². The van der Waals surface area contributed by atoms with Crippen molar-refractivity contribution in [3.8, 4) is 0 Å². The Hall–Kier alpha value is -1.40. The maximum atomic E-state index is 13.2. The summed E-state index contributed by atoms with van der Waals surface area (Å²) in [6, 6.07) is -0.699. The average molecular weight is 806 g/mol. The average Bonchev–Trinajstić information content (AvgIpc) is 3.20. The van der Waals surface area contributed by atoms with Crippen LogP contribution in [0.5, 0.6) is 0 Å². The maximum absolute atomic E-state index is 13.2. The molecule has 0 heterocycles. The summed E-state index contributed by atoms with van der Waals surface area (Å²) >= 11 is 0. The molecule has 6 heteroatoms. The standard InChI is InChI=1S/C51H99NO5/c1-4-7-10-13-16-19-22-24-25-27-29-32-35-38-41-44-51(56)57-47(42-39-36-33-30-21-18-15-12-9-6-3)45-50(55)52-48(46-53)49(54)43-40-37-34-31-28-26-23-20-17-14-11-8-5-2/h18,21,47-49,53-54H,4-17,19-20,22-46H2,1-3H3,(H,52,55)/b21-18-. The van der Waals surface area contributed by atoms with Gasteiger partial charge in [-0.05, 0) is 51.4 Å². The van der Waals surface area contributed by atoms with E-state index in [1.165, 1.54) is 167 Å². The molecule has 338 valence electrons. The number of carbonyl (C=O) groups excluding carboxylic acids is 2. The van der Waals surface area contributed by atoms with Crippen molar-refractivity contribution < 1.29 is 24.5 Å². The number of nitrogens with one attached hydrogen (secondary N) is 1. The van der Waals surface area contributed by atoms with Gasteiger partial charge in [-0.1, -0.05) is 226 Å². The molecule has 0 aliphatic rings. The summed E-state index contributed by atoms with van der Waals surface area (Å²) in [7, 11) is 0. The van der Waals surface area contributed by atoms with E-state index in [1.54, 1.807) is 0 Å². The minimum absolute atomic E-state index is 0.0733. The van der Waals surface area contributed by atoms with Gasteiger partial charge >= 0.3 is 5.97 Å². The molecule has 0 saturated carbocycles. The maximum Gasteiger partial charge on any atom is 0.306 e. The van der Waals surface area contributed by atoms with Gasteiger partial charge in [-0.2, -0.15) is 0 Å². The number of amides is 1. The van der Waals surface area contributed by atoms with Crippen LogP contribution in [0.2, 0.25) is 0 Å². The molecule has 1 amide bonds. The fourth-order valence-electron chi connectivity index (χ4n) is 7.96. The van der Waals surface area contributed by atoms with Crippen molar-refractivity contribution >= 4 is 11.9 Å². The van der Waals surface area contributed by atoms with Crippen LogP contribution in [0, 0.1) is 0 Å². The highest BCUT2D eigenvalue weighted by atomic mass is 16.5. The number of ether oxygens (including phenoxy) is 1. The Labute approximate surface area is 355 Å². The number of carbonyl (C=O) groups is 2. The van der Waals surface area contributed by atoms with E-state index in [1.807, 2.05) is 0 Å². The molecular formula is C51H99NO5. The Morgan fingerprint density at radius 1 is 0.491 bits per heavy atom. The van der Waals surface area contributed by atoms with Gasteiger partial charge in [0.15, 0.2) is 0 Å². The molecule has 0 saturated heterocycles. The van der Waals surface area contributed by atoms with Gasteiger partial charge in [0.05, 0.1) is 25.2 Å². The molecule has 0 aromatic heterocycles. The van der Waals surface area contributed by atoms with E-state index in [-0.39, 0.29) is 24.9 Å². The lowest BCUT2D eigenvalue weighted by Crippen LogP contribution is -2.46. The molecular weight excluding hydrogens is 707 g/mol. The van der Waals surface area contributed by atoms with Gasteiger partial charge in [0.25, 0.3) is 0 Å². The third-order valence-electron chi connectivity index (χ3n) is 11.8. The molecule has 57 heavy (non-hydrogen) atoms. The molecule has 0 fully saturated rings. The number of esters is 1. The van der Waals surface area contributed by atoms with E-state index in [4.69, 9.17) is 4.74 Å². The predicted octanol–water partition coefficient (Wildman–Crippen LogP) is 15.0. The highest BCUT2D eigenvalue weighted by Gasteiger charge is 2.24. The topological polar surface area (TPSA) is 95.9 Å². The van der Waals surface area contributed by atoms with Crippen LogP contribution in [0.15, 0.2) is 12.2 Å². The monoisotopic (exact) mass is 806 g/mol. The Balaban J connectivity index is 4.48. The van der Waals surface area contributed by atoms with Crippen LogP contribution in [0.4, 0.5) is 0 Å². The van der Waals surface area contributed by atoms with Crippen LogP contribution in [0.25, 0.3) is 0 Å². The summed E-state index contributed by atoms with van der Waals surface area (Å²) in [6.07, 6.45) is 49.9. The number of aliphatic hydroxyl groups is 2. The molecule has 0 rings (SSSR count). The number of hydrogen-bond acceptors (Lipinski definition) is 5. The van der Waals surface area contributed by atoms with E-state index in [0.717, 1.165) is 64.2 Å². The molecule has 0 spiro atoms. The molecule has 0 aliphatic carbocycles. The van der Waals surface area contributed by atoms with Crippen molar-refractivity contribution in [3.63, 3.8) is 0 Å². The third kappa shape index (κ3) is 41.1. The van der Waals surface area contributed by atoms with E-state index < -0.39 is 18.2 Å². The van der Waals surface area contributed by atoms with Gasteiger partial charge in [0, 0.05) is 6.42 Å². The summed E-state index contributed by atoms with van der Waals surface area (Å²) in [5.74, 6) is -0.475. The Kier molecular flexibility index (Phi) is 44.6.